The fourth-order valence-electron chi connectivity index (χ4n) is 3.10. The standard InChI is InChI=1S/C24H25N3O4/c1-3-31-21(28)15-25-24(30)22-23(29)16(2)26-20(27-22)14-19-11-9-18(10-12-19)13-17-7-5-4-6-8-17/h4-12,29H,3,13-15H2,1-2H3,(H,25,30). The number of hydrogen-bond donors (Lipinski definition) is 2. The van der Waals surface area contributed by atoms with Crippen LogP contribution in [0.1, 0.15) is 45.6 Å². The van der Waals surface area contributed by atoms with Gasteiger partial charge in [-0.05, 0) is 37.0 Å². The Kier molecular flexibility index (Phi) is 7.32. The maximum Gasteiger partial charge on any atom is 0.325 e. The molecule has 0 aliphatic heterocycles. The predicted molar refractivity (Wildman–Crippen MR) is 116 cm³/mol. The van der Waals surface area contributed by atoms with Crippen molar-refractivity contribution in [3.05, 3.63) is 88.5 Å². The van der Waals surface area contributed by atoms with Crippen LogP contribution in [-0.2, 0) is 22.4 Å². The molecule has 1 aromatic heterocycles. The maximum atomic E-state index is 12.4. The Hall–Kier alpha value is -3.74. The zero-order valence-corrected chi connectivity index (χ0v) is 17.6. The molecule has 0 aliphatic rings. The van der Waals surface area contributed by atoms with E-state index in [-0.39, 0.29) is 24.6 Å². The van der Waals surface area contributed by atoms with E-state index >= 15 is 0 Å². The lowest BCUT2D eigenvalue weighted by atomic mass is 10.0. The minimum absolute atomic E-state index is 0.160. The molecule has 7 heteroatoms. The minimum atomic E-state index is -0.657. The summed E-state index contributed by atoms with van der Waals surface area (Å²) in [5.74, 6) is -1.11. The largest absolute Gasteiger partial charge is 0.504 e. The van der Waals surface area contributed by atoms with Gasteiger partial charge in [0.2, 0.25) is 0 Å². The SMILES string of the molecule is CCOC(=O)CNC(=O)c1nc(Cc2ccc(Cc3ccccc3)cc2)nc(C)c1O. The van der Waals surface area contributed by atoms with Crippen LogP contribution in [0.25, 0.3) is 0 Å². The molecule has 3 aromatic rings. The fraction of sp³-hybridized carbons (Fsp3) is 0.250. The van der Waals surface area contributed by atoms with Gasteiger partial charge in [0, 0.05) is 6.42 Å². The Bertz CT molecular complexity index is 1050. The number of hydrogen-bond acceptors (Lipinski definition) is 6. The molecule has 0 unspecified atom stereocenters. The smallest absolute Gasteiger partial charge is 0.325 e. The van der Waals surface area contributed by atoms with Crippen molar-refractivity contribution in [2.24, 2.45) is 0 Å². The zero-order chi connectivity index (χ0) is 22.2. The van der Waals surface area contributed by atoms with Gasteiger partial charge in [0.25, 0.3) is 5.91 Å². The first-order valence-electron chi connectivity index (χ1n) is 10.1. The number of aromatic nitrogens is 2. The van der Waals surface area contributed by atoms with Gasteiger partial charge in [0.05, 0.1) is 12.3 Å². The first kappa shape index (κ1) is 22.0. The van der Waals surface area contributed by atoms with Gasteiger partial charge in [-0.25, -0.2) is 9.97 Å². The van der Waals surface area contributed by atoms with Gasteiger partial charge in [-0.1, -0.05) is 54.6 Å². The molecule has 160 valence electrons. The molecule has 1 heterocycles. The minimum Gasteiger partial charge on any atom is -0.504 e. The third kappa shape index (κ3) is 6.12. The van der Waals surface area contributed by atoms with E-state index in [1.54, 1.807) is 13.8 Å². The fourth-order valence-corrected chi connectivity index (χ4v) is 3.10. The van der Waals surface area contributed by atoms with E-state index in [1.165, 1.54) is 11.1 Å². The molecule has 0 aliphatic carbocycles. The summed E-state index contributed by atoms with van der Waals surface area (Å²) in [5, 5.41) is 12.6. The summed E-state index contributed by atoms with van der Waals surface area (Å²) >= 11 is 0. The number of aryl methyl sites for hydroxylation is 1. The average Bonchev–Trinajstić information content (AvgIpc) is 2.77. The first-order valence-corrected chi connectivity index (χ1v) is 10.1. The number of carbonyl (C=O) groups excluding carboxylic acids is 2. The Balaban J connectivity index is 1.70. The molecule has 0 saturated carbocycles. The van der Waals surface area contributed by atoms with Crippen LogP contribution in [0.3, 0.4) is 0 Å². The molecule has 0 saturated heterocycles. The topological polar surface area (TPSA) is 101 Å². The number of nitrogens with one attached hydrogen (secondary N) is 1. The summed E-state index contributed by atoms with van der Waals surface area (Å²) in [6.45, 7) is 3.21. The number of benzene rings is 2. The highest BCUT2D eigenvalue weighted by Crippen LogP contribution is 2.20. The lowest BCUT2D eigenvalue weighted by molar-refractivity contribution is -0.141. The summed E-state index contributed by atoms with van der Waals surface area (Å²) in [7, 11) is 0. The van der Waals surface area contributed by atoms with E-state index in [0.717, 1.165) is 12.0 Å². The van der Waals surface area contributed by atoms with Gasteiger partial charge in [-0.3, -0.25) is 9.59 Å². The quantitative estimate of drug-likeness (QED) is 0.545. The summed E-state index contributed by atoms with van der Waals surface area (Å²) < 4.78 is 4.78. The molecule has 1 amide bonds. The highest BCUT2D eigenvalue weighted by molar-refractivity contribution is 5.96. The molecule has 2 N–H and O–H groups in total. The third-order valence-electron chi connectivity index (χ3n) is 4.65. The van der Waals surface area contributed by atoms with Crippen LogP contribution in [0.2, 0.25) is 0 Å². The van der Waals surface area contributed by atoms with Gasteiger partial charge < -0.3 is 15.2 Å². The van der Waals surface area contributed by atoms with Crippen LogP contribution < -0.4 is 5.32 Å². The molecule has 0 atom stereocenters. The summed E-state index contributed by atoms with van der Waals surface area (Å²) in [4.78, 5) is 32.3. The molecular formula is C24H25N3O4. The first-order chi connectivity index (χ1) is 15.0. The van der Waals surface area contributed by atoms with Gasteiger partial charge >= 0.3 is 5.97 Å². The third-order valence-corrected chi connectivity index (χ3v) is 4.65. The van der Waals surface area contributed by atoms with Crippen molar-refractivity contribution in [2.45, 2.75) is 26.7 Å². The Morgan fingerprint density at radius 1 is 0.935 bits per heavy atom. The molecule has 0 radical (unpaired) electrons. The molecule has 7 nitrogen and oxygen atoms in total. The van der Waals surface area contributed by atoms with E-state index in [0.29, 0.717) is 17.9 Å². The van der Waals surface area contributed by atoms with Gasteiger partial charge in [0.15, 0.2) is 11.4 Å². The maximum absolute atomic E-state index is 12.4. The van der Waals surface area contributed by atoms with E-state index < -0.39 is 11.9 Å². The molecule has 3 rings (SSSR count). The van der Waals surface area contributed by atoms with Crippen molar-refractivity contribution in [2.75, 3.05) is 13.2 Å². The monoisotopic (exact) mass is 419 g/mol. The molecular weight excluding hydrogens is 394 g/mol. The number of nitrogens with zero attached hydrogens (tertiary/aromatic N) is 2. The number of amides is 1. The van der Waals surface area contributed by atoms with E-state index in [1.807, 2.05) is 30.3 Å². The van der Waals surface area contributed by atoms with Crippen molar-refractivity contribution in [3.63, 3.8) is 0 Å². The normalized spacial score (nSPS) is 10.5. The molecule has 2 aromatic carbocycles. The molecule has 31 heavy (non-hydrogen) atoms. The van der Waals surface area contributed by atoms with Gasteiger partial charge in [-0.2, -0.15) is 0 Å². The van der Waals surface area contributed by atoms with Crippen LogP contribution in [-0.4, -0.2) is 40.1 Å². The van der Waals surface area contributed by atoms with Crippen LogP contribution in [0, 0.1) is 6.92 Å². The van der Waals surface area contributed by atoms with Crippen molar-refractivity contribution in [1.82, 2.24) is 15.3 Å². The van der Waals surface area contributed by atoms with Crippen LogP contribution in [0.4, 0.5) is 0 Å². The van der Waals surface area contributed by atoms with Crippen molar-refractivity contribution in [3.8, 4) is 5.75 Å². The Morgan fingerprint density at radius 3 is 2.19 bits per heavy atom. The number of carbonyl (C=O) groups is 2. The molecule has 0 fully saturated rings. The number of esters is 1. The molecule has 0 spiro atoms. The number of aromatic hydroxyl groups is 1. The lowest BCUT2D eigenvalue weighted by Gasteiger charge is -2.10. The second-order valence-corrected chi connectivity index (χ2v) is 7.07. The van der Waals surface area contributed by atoms with Gasteiger partial charge in [0.1, 0.15) is 12.4 Å². The van der Waals surface area contributed by atoms with E-state index in [9.17, 15) is 14.7 Å². The van der Waals surface area contributed by atoms with E-state index in [2.05, 4.69) is 39.6 Å². The highest BCUT2D eigenvalue weighted by Gasteiger charge is 2.19. The summed E-state index contributed by atoms with van der Waals surface area (Å²) in [5.41, 5.74) is 3.56. The second kappa shape index (κ2) is 10.3. The average molecular weight is 419 g/mol. The second-order valence-electron chi connectivity index (χ2n) is 7.07. The number of rotatable bonds is 8. The van der Waals surface area contributed by atoms with Crippen LogP contribution in [0.15, 0.2) is 54.6 Å². The zero-order valence-electron chi connectivity index (χ0n) is 17.6. The van der Waals surface area contributed by atoms with Crippen LogP contribution in [0.5, 0.6) is 5.75 Å². The van der Waals surface area contributed by atoms with E-state index in [4.69, 9.17) is 4.74 Å². The number of ether oxygens (including phenoxy) is 1. The summed E-state index contributed by atoms with van der Waals surface area (Å²) in [6, 6.07) is 18.4. The Labute approximate surface area is 181 Å². The Morgan fingerprint density at radius 2 is 1.55 bits per heavy atom. The summed E-state index contributed by atoms with van der Waals surface area (Å²) in [6.07, 6.45) is 1.26. The molecule has 0 bridgehead atoms. The van der Waals surface area contributed by atoms with Crippen molar-refractivity contribution in [1.29, 1.82) is 0 Å². The highest BCUT2D eigenvalue weighted by atomic mass is 16.5. The van der Waals surface area contributed by atoms with Crippen molar-refractivity contribution >= 4 is 11.9 Å². The van der Waals surface area contributed by atoms with Crippen LogP contribution >= 0.6 is 0 Å². The predicted octanol–water partition coefficient (Wildman–Crippen LogP) is 2.97. The van der Waals surface area contributed by atoms with Gasteiger partial charge in [-0.15, -0.1) is 0 Å². The lowest BCUT2D eigenvalue weighted by Crippen LogP contribution is -2.31. The van der Waals surface area contributed by atoms with Crippen molar-refractivity contribution < 1.29 is 19.4 Å².